The molecule has 6 N–H and O–H groups in total. The number of carboxylic acid groups (broad SMARTS) is 4. The molecular formula is C38H64N2O8Pt2. The van der Waals surface area contributed by atoms with E-state index in [-0.39, 0.29) is 66.4 Å². The molecule has 2 rings (SSSR count). The summed E-state index contributed by atoms with van der Waals surface area (Å²) in [6, 6.07) is 5.89. The van der Waals surface area contributed by atoms with Crippen LogP contribution in [0.4, 0.5) is 5.69 Å². The van der Waals surface area contributed by atoms with Crippen LogP contribution in [0, 0.1) is 53.8 Å². The first kappa shape index (κ1) is 54.9. The molecule has 1 saturated carbocycles. The molecule has 10 nitrogen and oxygen atoms in total. The van der Waals surface area contributed by atoms with Gasteiger partial charge >= 0.3 is 66.0 Å². The van der Waals surface area contributed by atoms with Crippen molar-refractivity contribution in [3.8, 4) is 0 Å². The first-order valence-corrected chi connectivity index (χ1v) is 16.4. The summed E-state index contributed by atoms with van der Waals surface area (Å²) < 4.78 is 0. The maximum Gasteiger partial charge on any atom is 2.00 e. The number of hydrogen-bond acceptors (Lipinski definition) is 4. The van der Waals surface area contributed by atoms with E-state index < -0.39 is 46.5 Å². The first-order valence-electron chi connectivity index (χ1n) is 16.4. The molecule has 12 heteroatoms. The minimum absolute atomic E-state index is 0. The fraction of sp³-hybridized carbons (Fsp3) is 0.684. The van der Waals surface area contributed by atoms with Gasteiger partial charge in [0.1, 0.15) is 0 Å². The summed E-state index contributed by atoms with van der Waals surface area (Å²) >= 11 is 0. The van der Waals surface area contributed by atoms with E-state index >= 15 is 0 Å². The second kappa shape index (κ2) is 22.9. The number of nitrogens with one attached hydrogen (secondary N) is 2. The van der Waals surface area contributed by atoms with E-state index in [9.17, 15) is 19.2 Å². The Labute approximate surface area is 330 Å². The number of aliphatic carboxylic acids is 4. The van der Waals surface area contributed by atoms with Crippen molar-refractivity contribution in [1.29, 1.82) is 0 Å². The zero-order valence-electron chi connectivity index (χ0n) is 32.1. The predicted molar refractivity (Wildman–Crippen MR) is 193 cm³/mol. The van der Waals surface area contributed by atoms with Crippen molar-refractivity contribution >= 4 is 29.6 Å². The number of rotatable bonds is 6. The van der Waals surface area contributed by atoms with Gasteiger partial charge in [0, 0.05) is 0 Å². The normalized spacial score (nSPS) is 18.6. The van der Waals surface area contributed by atoms with E-state index in [4.69, 9.17) is 31.9 Å². The van der Waals surface area contributed by atoms with Gasteiger partial charge in [-0.15, -0.1) is 6.07 Å². The van der Waals surface area contributed by atoms with Crippen LogP contribution in [0.25, 0.3) is 11.5 Å². The van der Waals surface area contributed by atoms with E-state index in [1.165, 1.54) is 12.0 Å². The Morgan fingerprint density at radius 3 is 1.36 bits per heavy atom. The Morgan fingerprint density at radius 2 is 1.14 bits per heavy atom. The standard InChI is InChI=1S/C11H21N.C11H15N.2C8H14O4.2Pt/c2*1-8-7-9(11(2,3)4)5-6-10(8)12;2*1-8(2,3)5(7(11)12)4-6(9)10;;/h8-10,12H,1,5-7H2,2-4H3;5-7,12H,1H2,2-4H3;2*5H,4H2,1-3H3,(H,9,10)(H,11,12);;/q2*-2;;;2*+2. The second-order valence-corrected chi connectivity index (χ2v) is 17.1. The van der Waals surface area contributed by atoms with Gasteiger partial charge in [0.05, 0.1) is 24.7 Å². The number of hydrogen-bond donors (Lipinski definition) is 4. The van der Waals surface area contributed by atoms with E-state index in [1.54, 1.807) is 41.5 Å². The Kier molecular flexibility index (Phi) is 25.1. The van der Waals surface area contributed by atoms with E-state index in [0.717, 1.165) is 24.3 Å². The second-order valence-electron chi connectivity index (χ2n) is 17.1. The summed E-state index contributed by atoms with van der Waals surface area (Å²) in [6.07, 6.45) is 2.79. The largest absolute Gasteiger partial charge is 2.00 e. The summed E-state index contributed by atoms with van der Waals surface area (Å²) in [5.41, 5.74) is 17.3. The zero-order chi connectivity index (χ0) is 38.6. The average molecular weight is 1070 g/mol. The van der Waals surface area contributed by atoms with Crippen LogP contribution in [0.15, 0.2) is 18.2 Å². The maximum absolute atomic E-state index is 10.6. The SMILES string of the molecule is CC(C)(C)C(CC(=O)O)C(=O)O.CC(C)(C)C(CC(=O)O)C(=O)O.[CH2-]C1CC(C(C)(C)C)CCC1[NH-].[CH2-]c1cc(C(C)(C)C)ccc1[NH-].[Pt+2].[Pt+2]. The van der Waals surface area contributed by atoms with Gasteiger partial charge in [0.2, 0.25) is 0 Å². The Bertz CT molecular complexity index is 1150. The van der Waals surface area contributed by atoms with E-state index in [1.807, 2.05) is 18.2 Å². The summed E-state index contributed by atoms with van der Waals surface area (Å²) in [5.74, 6) is -4.75. The molecule has 0 spiro atoms. The third-order valence-corrected chi connectivity index (χ3v) is 8.62. The number of benzene rings is 1. The molecule has 1 aliphatic carbocycles. The molecule has 1 fully saturated rings. The fourth-order valence-corrected chi connectivity index (χ4v) is 4.99. The molecule has 0 amide bonds. The fourth-order valence-electron chi connectivity index (χ4n) is 4.99. The molecule has 294 valence electrons. The van der Waals surface area contributed by atoms with Crippen molar-refractivity contribution in [1.82, 2.24) is 0 Å². The molecule has 0 bridgehead atoms. The van der Waals surface area contributed by atoms with Crippen molar-refractivity contribution in [2.45, 2.75) is 127 Å². The molecule has 0 saturated heterocycles. The molecule has 1 aromatic carbocycles. The van der Waals surface area contributed by atoms with Crippen LogP contribution >= 0.6 is 0 Å². The van der Waals surface area contributed by atoms with Crippen molar-refractivity contribution in [2.24, 2.45) is 39.9 Å². The minimum atomic E-state index is -1.07. The molecule has 1 aliphatic rings. The molecule has 5 atom stereocenters. The monoisotopic (exact) mass is 1070 g/mol. The first-order chi connectivity index (χ1) is 21.3. The maximum atomic E-state index is 10.6. The van der Waals surface area contributed by atoms with Gasteiger partial charge in [0.15, 0.2) is 0 Å². The van der Waals surface area contributed by atoms with Gasteiger partial charge in [-0.3, -0.25) is 24.9 Å². The van der Waals surface area contributed by atoms with Crippen LogP contribution in [-0.4, -0.2) is 50.3 Å². The van der Waals surface area contributed by atoms with E-state index in [2.05, 4.69) is 55.4 Å². The molecule has 50 heavy (non-hydrogen) atoms. The smallest absolute Gasteiger partial charge is 0.756 e. The zero-order valence-corrected chi connectivity index (χ0v) is 36.7. The molecular weight excluding hydrogens is 1000 g/mol. The van der Waals surface area contributed by atoms with Crippen LogP contribution in [0.5, 0.6) is 0 Å². The average Bonchev–Trinajstić information content (AvgIpc) is 2.87. The molecule has 1 aromatic rings. The van der Waals surface area contributed by atoms with Crippen LogP contribution in [0.2, 0.25) is 0 Å². The van der Waals surface area contributed by atoms with Gasteiger partial charge in [-0.05, 0) is 27.6 Å². The quantitative estimate of drug-likeness (QED) is 0.202. The van der Waals surface area contributed by atoms with Crippen molar-refractivity contribution < 1.29 is 81.7 Å². The van der Waals surface area contributed by atoms with Gasteiger partial charge in [-0.2, -0.15) is 18.0 Å². The summed E-state index contributed by atoms with van der Waals surface area (Å²) in [5, 5.41) is 34.3. The molecule has 5 unspecified atom stereocenters. The van der Waals surface area contributed by atoms with Crippen LogP contribution in [0.3, 0.4) is 0 Å². The van der Waals surface area contributed by atoms with Gasteiger partial charge in [-0.1, -0.05) is 114 Å². The van der Waals surface area contributed by atoms with E-state index in [0.29, 0.717) is 17.0 Å². The van der Waals surface area contributed by atoms with Crippen molar-refractivity contribution in [3.05, 3.63) is 54.6 Å². The molecule has 0 heterocycles. The third kappa shape index (κ3) is 22.8. The van der Waals surface area contributed by atoms with Crippen LogP contribution in [0.1, 0.15) is 126 Å². The van der Waals surface area contributed by atoms with Crippen LogP contribution in [-0.2, 0) is 66.7 Å². The Morgan fingerprint density at radius 1 is 0.760 bits per heavy atom. The topological polar surface area (TPSA) is 197 Å². The summed E-state index contributed by atoms with van der Waals surface area (Å²) in [6.45, 7) is 31.5. The molecule has 0 aromatic heterocycles. The van der Waals surface area contributed by atoms with Gasteiger partial charge in [-0.25, -0.2) is 12.5 Å². The number of carbonyl (C=O) groups is 4. The van der Waals surface area contributed by atoms with Gasteiger partial charge < -0.3 is 38.8 Å². The Hall–Kier alpha value is -1.89. The van der Waals surface area contributed by atoms with Crippen molar-refractivity contribution in [3.63, 3.8) is 0 Å². The van der Waals surface area contributed by atoms with Crippen molar-refractivity contribution in [2.75, 3.05) is 0 Å². The minimum Gasteiger partial charge on any atom is -0.756 e. The Balaban J connectivity index is -0.000000278. The molecule has 0 radical (unpaired) electrons. The van der Waals surface area contributed by atoms with Crippen LogP contribution < -0.4 is 0 Å². The summed E-state index contributed by atoms with van der Waals surface area (Å²) in [7, 11) is 0. The third-order valence-electron chi connectivity index (χ3n) is 8.62. The summed E-state index contributed by atoms with van der Waals surface area (Å²) in [4.78, 5) is 41.8. The van der Waals surface area contributed by atoms with Gasteiger partial charge in [0.25, 0.3) is 0 Å². The molecule has 0 aliphatic heterocycles. The predicted octanol–water partition coefficient (Wildman–Crippen LogP) is 9.96. The number of carboxylic acids is 4.